The van der Waals surface area contributed by atoms with Crippen molar-refractivity contribution < 1.29 is 4.74 Å². The highest BCUT2D eigenvalue weighted by Crippen LogP contribution is 2.41. The molecule has 1 saturated carbocycles. The second-order valence-corrected chi connectivity index (χ2v) is 7.12. The summed E-state index contributed by atoms with van der Waals surface area (Å²) in [4.78, 5) is 0. The third kappa shape index (κ3) is 5.07. The summed E-state index contributed by atoms with van der Waals surface area (Å²) in [6, 6.07) is 0. The fourth-order valence-corrected chi connectivity index (χ4v) is 3.67. The van der Waals surface area contributed by atoms with Crippen LogP contribution in [-0.4, -0.2) is 24.8 Å². The van der Waals surface area contributed by atoms with Gasteiger partial charge in [-0.25, -0.2) is 0 Å². The summed E-state index contributed by atoms with van der Waals surface area (Å²) in [5.41, 5.74) is 0.294. The smallest absolute Gasteiger partial charge is 0.0708 e. The van der Waals surface area contributed by atoms with Gasteiger partial charge in [-0.2, -0.15) is 0 Å². The van der Waals surface area contributed by atoms with Crippen LogP contribution >= 0.6 is 0 Å². The van der Waals surface area contributed by atoms with E-state index in [-0.39, 0.29) is 0 Å². The maximum atomic E-state index is 6.37. The first-order chi connectivity index (χ1) is 9.20. The molecule has 2 aliphatic rings. The number of rotatable bonds is 7. The van der Waals surface area contributed by atoms with Crippen molar-refractivity contribution in [3.63, 3.8) is 0 Å². The molecule has 2 fully saturated rings. The van der Waals surface area contributed by atoms with Gasteiger partial charge in [0.1, 0.15) is 0 Å². The van der Waals surface area contributed by atoms with Crippen molar-refractivity contribution in [3.05, 3.63) is 0 Å². The standard InChI is InChI=1S/C17H33NO/c1-15(2)8-4-7-13-18-14-16-9-12-17(19-16)10-5-3-6-11-17/h15-16,18H,3-14H2,1-2H3. The third-order valence-corrected chi connectivity index (χ3v) is 4.86. The first-order valence-corrected chi connectivity index (χ1v) is 8.59. The molecular weight excluding hydrogens is 234 g/mol. The topological polar surface area (TPSA) is 21.3 Å². The van der Waals surface area contributed by atoms with Crippen molar-refractivity contribution in [2.45, 2.75) is 89.8 Å². The van der Waals surface area contributed by atoms with E-state index < -0.39 is 0 Å². The molecule has 1 N–H and O–H groups in total. The van der Waals surface area contributed by atoms with Crippen LogP contribution in [0.1, 0.15) is 78.1 Å². The Morgan fingerprint density at radius 3 is 2.63 bits per heavy atom. The van der Waals surface area contributed by atoms with E-state index >= 15 is 0 Å². The lowest BCUT2D eigenvalue weighted by Crippen LogP contribution is -2.34. The average molecular weight is 267 g/mol. The quantitative estimate of drug-likeness (QED) is 0.695. The minimum absolute atomic E-state index is 0.294. The van der Waals surface area contributed by atoms with E-state index in [2.05, 4.69) is 19.2 Å². The van der Waals surface area contributed by atoms with Gasteiger partial charge in [-0.3, -0.25) is 0 Å². The van der Waals surface area contributed by atoms with E-state index in [4.69, 9.17) is 4.74 Å². The molecule has 1 saturated heterocycles. The number of unbranched alkanes of at least 4 members (excludes halogenated alkanes) is 1. The maximum absolute atomic E-state index is 6.37. The summed E-state index contributed by atoms with van der Waals surface area (Å²) in [6.45, 7) is 6.86. The van der Waals surface area contributed by atoms with Gasteiger partial charge in [0.15, 0.2) is 0 Å². The molecule has 1 unspecified atom stereocenters. The summed E-state index contributed by atoms with van der Waals surface area (Å²) in [7, 11) is 0. The van der Waals surface area contributed by atoms with Crippen LogP contribution in [0.4, 0.5) is 0 Å². The monoisotopic (exact) mass is 267 g/mol. The zero-order valence-corrected chi connectivity index (χ0v) is 13.0. The van der Waals surface area contributed by atoms with Crippen molar-refractivity contribution in [2.24, 2.45) is 5.92 Å². The molecule has 1 aliphatic heterocycles. The molecule has 2 rings (SSSR count). The van der Waals surface area contributed by atoms with E-state index in [1.165, 1.54) is 70.8 Å². The Bertz CT molecular complexity index is 246. The molecule has 1 heterocycles. The van der Waals surface area contributed by atoms with Crippen LogP contribution in [0.3, 0.4) is 0 Å². The number of hydrogen-bond acceptors (Lipinski definition) is 2. The number of ether oxygens (including phenoxy) is 1. The van der Waals surface area contributed by atoms with E-state index in [9.17, 15) is 0 Å². The highest BCUT2D eigenvalue weighted by Gasteiger charge is 2.40. The van der Waals surface area contributed by atoms with E-state index in [1.54, 1.807) is 0 Å². The van der Waals surface area contributed by atoms with Crippen LogP contribution in [-0.2, 0) is 4.74 Å². The Morgan fingerprint density at radius 2 is 1.89 bits per heavy atom. The van der Waals surface area contributed by atoms with Gasteiger partial charge in [0.25, 0.3) is 0 Å². The zero-order chi connectivity index (χ0) is 13.6. The summed E-state index contributed by atoms with van der Waals surface area (Å²) in [5.74, 6) is 0.851. The number of nitrogens with one attached hydrogen (secondary N) is 1. The predicted molar refractivity (Wildman–Crippen MR) is 81.5 cm³/mol. The lowest BCUT2D eigenvalue weighted by atomic mass is 9.83. The van der Waals surface area contributed by atoms with E-state index in [1.807, 2.05) is 0 Å². The minimum atomic E-state index is 0.294. The highest BCUT2D eigenvalue weighted by molar-refractivity contribution is 4.91. The highest BCUT2D eigenvalue weighted by atomic mass is 16.5. The molecule has 0 aromatic rings. The van der Waals surface area contributed by atoms with Crippen molar-refractivity contribution in [3.8, 4) is 0 Å². The molecule has 1 aliphatic carbocycles. The van der Waals surface area contributed by atoms with Gasteiger partial charge in [0.05, 0.1) is 11.7 Å². The number of hydrogen-bond donors (Lipinski definition) is 1. The third-order valence-electron chi connectivity index (χ3n) is 4.86. The van der Waals surface area contributed by atoms with Crippen LogP contribution in [0, 0.1) is 5.92 Å². The fraction of sp³-hybridized carbons (Fsp3) is 1.00. The van der Waals surface area contributed by atoms with E-state index in [0.717, 1.165) is 12.5 Å². The molecule has 0 amide bonds. The van der Waals surface area contributed by atoms with Crippen molar-refractivity contribution in [1.29, 1.82) is 0 Å². The minimum Gasteiger partial charge on any atom is -0.370 e. The summed E-state index contributed by atoms with van der Waals surface area (Å²) in [5, 5.41) is 3.60. The Balaban J connectivity index is 1.53. The molecule has 2 heteroatoms. The molecule has 2 nitrogen and oxygen atoms in total. The Labute approximate surface area is 119 Å². The van der Waals surface area contributed by atoms with Crippen molar-refractivity contribution >= 4 is 0 Å². The van der Waals surface area contributed by atoms with Gasteiger partial charge in [0.2, 0.25) is 0 Å². The first-order valence-electron chi connectivity index (χ1n) is 8.59. The maximum Gasteiger partial charge on any atom is 0.0708 e. The van der Waals surface area contributed by atoms with Gasteiger partial charge in [-0.1, -0.05) is 46.0 Å². The zero-order valence-electron chi connectivity index (χ0n) is 13.0. The molecule has 0 aromatic heterocycles. The van der Waals surface area contributed by atoms with Crippen LogP contribution in [0.5, 0.6) is 0 Å². The second kappa shape index (κ2) is 7.64. The van der Waals surface area contributed by atoms with Crippen molar-refractivity contribution in [1.82, 2.24) is 5.32 Å². The normalized spacial score (nSPS) is 26.4. The lowest BCUT2D eigenvalue weighted by molar-refractivity contribution is -0.0623. The van der Waals surface area contributed by atoms with Gasteiger partial charge in [0, 0.05) is 6.54 Å². The Morgan fingerprint density at radius 1 is 1.11 bits per heavy atom. The summed E-state index contributed by atoms with van der Waals surface area (Å²) in [6.07, 6.45) is 13.9. The van der Waals surface area contributed by atoms with Crippen LogP contribution in [0.2, 0.25) is 0 Å². The first kappa shape index (κ1) is 15.3. The molecule has 0 radical (unpaired) electrons. The second-order valence-electron chi connectivity index (χ2n) is 7.12. The van der Waals surface area contributed by atoms with Crippen LogP contribution in [0.15, 0.2) is 0 Å². The Kier molecular flexibility index (Phi) is 6.15. The molecule has 1 spiro atoms. The largest absolute Gasteiger partial charge is 0.370 e. The van der Waals surface area contributed by atoms with Gasteiger partial charge in [-0.05, 0) is 44.6 Å². The fourth-order valence-electron chi connectivity index (χ4n) is 3.67. The molecular formula is C17H33NO. The van der Waals surface area contributed by atoms with Gasteiger partial charge < -0.3 is 10.1 Å². The SMILES string of the molecule is CC(C)CCCCNCC1CCC2(CCCCC2)O1. The summed E-state index contributed by atoms with van der Waals surface area (Å²) < 4.78 is 6.37. The molecule has 1 atom stereocenters. The van der Waals surface area contributed by atoms with E-state index in [0.29, 0.717) is 11.7 Å². The lowest BCUT2D eigenvalue weighted by Gasteiger charge is -2.33. The molecule has 19 heavy (non-hydrogen) atoms. The summed E-state index contributed by atoms with van der Waals surface area (Å²) >= 11 is 0. The predicted octanol–water partition coefficient (Wildman–Crippen LogP) is 4.28. The molecule has 0 bridgehead atoms. The molecule has 0 aromatic carbocycles. The van der Waals surface area contributed by atoms with Crippen LogP contribution < -0.4 is 5.32 Å². The Hall–Kier alpha value is -0.0800. The van der Waals surface area contributed by atoms with Crippen molar-refractivity contribution in [2.75, 3.05) is 13.1 Å². The average Bonchev–Trinajstić information content (AvgIpc) is 2.77. The van der Waals surface area contributed by atoms with Gasteiger partial charge in [-0.15, -0.1) is 0 Å². The van der Waals surface area contributed by atoms with Gasteiger partial charge >= 0.3 is 0 Å². The van der Waals surface area contributed by atoms with Crippen LogP contribution in [0.25, 0.3) is 0 Å². The molecule has 112 valence electrons.